The number of allylic oxidation sites excluding steroid dienone is 8. The van der Waals surface area contributed by atoms with E-state index >= 15 is 0 Å². The lowest BCUT2D eigenvalue weighted by atomic mass is 10.4. The summed E-state index contributed by atoms with van der Waals surface area (Å²) in [6.07, 6.45) is 15.6. The summed E-state index contributed by atoms with van der Waals surface area (Å²) in [6.45, 7) is 0. The molecular formula is C34H32Cl2P2. The SMILES string of the molecule is C1=CCC(P(c2ccccc2)c2ccccc2)=C1.C1=CCC(P(c2ccccc2)c2ccccc2)=C1.Cl.Cl. The molecule has 0 unspecified atom stereocenters. The molecule has 0 heterocycles. The van der Waals surface area contributed by atoms with E-state index < -0.39 is 0 Å². The van der Waals surface area contributed by atoms with Crippen LogP contribution in [0.3, 0.4) is 0 Å². The molecule has 0 aliphatic heterocycles. The summed E-state index contributed by atoms with van der Waals surface area (Å²) >= 11 is 0. The molecule has 0 aromatic heterocycles. The number of benzene rings is 4. The Morgan fingerprint density at radius 3 is 0.842 bits per heavy atom. The highest BCUT2D eigenvalue weighted by Crippen LogP contribution is 2.47. The van der Waals surface area contributed by atoms with Crippen LogP contribution < -0.4 is 21.2 Å². The van der Waals surface area contributed by atoms with E-state index in [9.17, 15) is 0 Å². The van der Waals surface area contributed by atoms with Crippen molar-refractivity contribution < 1.29 is 0 Å². The Kier molecular flexibility index (Phi) is 12.3. The summed E-state index contributed by atoms with van der Waals surface area (Å²) < 4.78 is 0. The summed E-state index contributed by atoms with van der Waals surface area (Å²) in [5.41, 5.74) is 0. The molecule has 0 saturated heterocycles. The summed E-state index contributed by atoms with van der Waals surface area (Å²) in [7, 11) is -0.707. The largest absolute Gasteiger partial charge is 0.147 e. The fourth-order valence-electron chi connectivity index (χ4n) is 4.47. The zero-order chi connectivity index (χ0) is 24.4. The zero-order valence-corrected chi connectivity index (χ0v) is 24.6. The van der Waals surface area contributed by atoms with E-state index in [0.29, 0.717) is 0 Å². The normalized spacial score (nSPS) is 13.2. The summed E-state index contributed by atoms with van der Waals surface area (Å²) in [4.78, 5) is 0. The van der Waals surface area contributed by atoms with Crippen LogP contribution in [0, 0.1) is 0 Å². The second kappa shape index (κ2) is 15.6. The molecule has 0 saturated carbocycles. The van der Waals surface area contributed by atoms with E-state index in [2.05, 4.69) is 158 Å². The van der Waals surface area contributed by atoms with E-state index in [0.717, 1.165) is 12.8 Å². The minimum absolute atomic E-state index is 0. The molecule has 2 aliphatic rings. The van der Waals surface area contributed by atoms with Gasteiger partial charge in [-0.3, -0.25) is 0 Å². The Hall–Kier alpha value is -2.72. The van der Waals surface area contributed by atoms with Crippen LogP contribution in [0.5, 0.6) is 0 Å². The first-order chi connectivity index (χ1) is 17.9. The molecule has 0 nitrogen and oxygen atoms in total. The van der Waals surface area contributed by atoms with Crippen LogP contribution in [-0.4, -0.2) is 0 Å². The maximum Gasteiger partial charge on any atom is -0.00836 e. The third kappa shape index (κ3) is 7.66. The number of hydrogen-bond donors (Lipinski definition) is 0. The first kappa shape index (κ1) is 29.8. The van der Waals surface area contributed by atoms with Crippen LogP contribution in [-0.2, 0) is 0 Å². The fraction of sp³-hybridized carbons (Fsp3) is 0.0588. The predicted molar refractivity (Wildman–Crippen MR) is 176 cm³/mol. The van der Waals surface area contributed by atoms with Crippen molar-refractivity contribution in [3.05, 3.63) is 168 Å². The Balaban J connectivity index is 0.000000200. The highest BCUT2D eigenvalue weighted by Gasteiger charge is 2.19. The molecule has 0 atom stereocenters. The minimum Gasteiger partial charge on any atom is -0.147 e. The molecule has 0 amide bonds. The van der Waals surface area contributed by atoms with E-state index in [1.807, 2.05) is 0 Å². The van der Waals surface area contributed by atoms with Gasteiger partial charge in [-0.15, -0.1) is 24.8 Å². The zero-order valence-electron chi connectivity index (χ0n) is 21.1. The summed E-state index contributed by atoms with van der Waals surface area (Å²) in [6, 6.07) is 43.4. The van der Waals surface area contributed by atoms with Gasteiger partial charge in [-0.2, -0.15) is 0 Å². The molecule has 0 radical (unpaired) electrons. The minimum atomic E-state index is -0.353. The first-order valence-corrected chi connectivity index (χ1v) is 15.1. The van der Waals surface area contributed by atoms with Gasteiger partial charge in [-0.25, -0.2) is 0 Å². The average Bonchev–Trinajstić information content (AvgIpc) is 3.68. The monoisotopic (exact) mass is 572 g/mol. The standard InChI is InChI=1S/2C17H15P.2ClH/c2*1-3-9-15(10-4-1)18(17-13-7-8-14-17)16-11-5-2-6-12-16;;/h2*1-13H,14H2;2*1H. The van der Waals surface area contributed by atoms with Gasteiger partial charge in [0.05, 0.1) is 0 Å². The van der Waals surface area contributed by atoms with E-state index in [1.165, 1.54) is 21.2 Å². The van der Waals surface area contributed by atoms with Crippen molar-refractivity contribution in [1.82, 2.24) is 0 Å². The third-order valence-corrected chi connectivity index (χ3v) is 11.2. The van der Waals surface area contributed by atoms with Gasteiger partial charge in [-0.05, 0) is 60.5 Å². The molecule has 0 N–H and O–H groups in total. The van der Waals surface area contributed by atoms with Gasteiger partial charge >= 0.3 is 0 Å². The van der Waals surface area contributed by atoms with Gasteiger partial charge in [0.2, 0.25) is 0 Å². The van der Waals surface area contributed by atoms with E-state index in [1.54, 1.807) is 10.6 Å². The number of hydrogen-bond acceptors (Lipinski definition) is 0. The lowest BCUT2D eigenvalue weighted by Gasteiger charge is -2.20. The number of halogens is 2. The van der Waals surface area contributed by atoms with Crippen LogP contribution in [0.2, 0.25) is 0 Å². The molecule has 38 heavy (non-hydrogen) atoms. The first-order valence-electron chi connectivity index (χ1n) is 12.4. The molecular weight excluding hydrogens is 541 g/mol. The van der Waals surface area contributed by atoms with Crippen LogP contribution in [0.25, 0.3) is 0 Å². The second-order valence-corrected chi connectivity index (χ2v) is 13.1. The highest BCUT2D eigenvalue weighted by atomic mass is 35.5. The topological polar surface area (TPSA) is 0 Å². The second-order valence-electron chi connectivity index (χ2n) is 8.59. The van der Waals surface area contributed by atoms with Gasteiger partial charge < -0.3 is 0 Å². The molecule has 2 aliphatic carbocycles. The van der Waals surface area contributed by atoms with Gasteiger partial charge in [0.25, 0.3) is 0 Å². The van der Waals surface area contributed by atoms with Crippen molar-refractivity contribution >= 4 is 61.9 Å². The summed E-state index contributed by atoms with van der Waals surface area (Å²) in [5, 5.41) is 8.84. The Bertz CT molecular complexity index is 1180. The van der Waals surface area contributed by atoms with Crippen molar-refractivity contribution in [3.8, 4) is 0 Å². The molecule has 6 rings (SSSR count). The fourth-order valence-corrected chi connectivity index (χ4v) is 9.32. The van der Waals surface area contributed by atoms with Gasteiger partial charge in [0.15, 0.2) is 0 Å². The van der Waals surface area contributed by atoms with E-state index in [-0.39, 0.29) is 40.7 Å². The van der Waals surface area contributed by atoms with Crippen LogP contribution >= 0.6 is 40.7 Å². The molecule has 192 valence electrons. The Morgan fingerprint density at radius 1 is 0.368 bits per heavy atom. The van der Waals surface area contributed by atoms with Crippen LogP contribution in [0.4, 0.5) is 0 Å². The van der Waals surface area contributed by atoms with Gasteiger partial charge in [-0.1, -0.05) is 158 Å². The average molecular weight is 573 g/mol. The maximum absolute atomic E-state index is 2.28. The third-order valence-electron chi connectivity index (χ3n) is 6.14. The smallest absolute Gasteiger partial charge is 0.00836 e. The highest BCUT2D eigenvalue weighted by molar-refractivity contribution is 7.77. The lowest BCUT2D eigenvalue weighted by molar-refractivity contribution is 1.41. The molecule has 4 aromatic rings. The van der Waals surface area contributed by atoms with Gasteiger partial charge in [0.1, 0.15) is 0 Å². The van der Waals surface area contributed by atoms with Gasteiger partial charge in [0, 0.05) is 0 Å². The number of rotatable bonds is 6. The molecule has 4 aromatic carbocycles. The Morgan fingerprint density at radius 2 is 0.632 bits per heavy atom. The maximum atomic E-state index is 2.28. The quantitative estimate of drug-likeness (QED) is 0.202. The Labute approximate surface area is 242 Å². The van der Waals surface area contributed by atoms with Crippen molar-refractivity contribution in [2.75, 3.05) is 0 Å². The van der Waals surface area contributed by atoms with Crippen molar-refractivity contribution in [1.29, 1.82) is 0 Å². The summed E-state index contributed by atoms with van der Waals surface area (Å²) in [5.74, 6) is 0. The van der Waals surface area contributed by atoms with Crippen LogP contribution in [0.1, 0.15) is 12.8 Å². The molecule has 0 fully saturated rings. The predicted octanol–water partition coefficient (Wildman–Crippen LogP) is 8.77. The molecule has 0 bridgehead atoms. The van der Waals surface area contributed by atoms with E-state index in [4.69, 9.17) is 0 Å². The van der Waals surface area contributed by atoms with Crippen molar-refractivity contribution in [3.63, 3.8) is 0 Å². The molecule has 0 spiro atoms. The van der Waals surface area contributed by atoms with Crippen molar-refractivity contribution in [2.45, 2.75) is 12.8 Å². The van der Waals surface area contributed by atoms with Crippen molar-refractivity contribution in [2.24, 2.45) is 0 Å². The molecule has 4 heteroatoms. The van der Waals surface area contributed by atoms with Crippen LogP contribution in [0.15, 0.2) is 168 Å². The lowest BCUT2D eigenvalue weighted by Crippen LogP contribution is -2.12.